The third-order valence-electron chi connectivity index (χ3n) is 3.76. The number of nitrogens with zero attached hydrogens (tertiary/aromatic N) is 2. The third kappa shape index (κ3) is 2.65. The van der Waals surface area contributed by atoms with E-state index in [1.54, 1.807) is 12.1 Å². The first-order valence-electron chi connectivity index (χ1n) is 6.94. The molecule has 2 atom stereocenters. The Bertz CT molecular complexity index is 707. The fraction of sp³-hybridized carbons (Fsp3) is 0.250. The predicted molar refractivity (Wildman–Crippen MR) is 76.7 cm³/mol. The van der Waals surface area contributed by atoms with Gasteiger partial charge in [0, 0.05) is 12.7 Å². The second-order valence-electron chi connectivity index (χ2n) is 5.29. The van der Waals surface area contributed by atoms with Crippen molar-refractivity contribution in [3.8, 4) is 5.75 Å². The molecule has 3 rings (SSSR count). The number of halogens is 1. The van der Waals surface area contributed by atoms with E-state index in [0.29, 0.717) is 12.0 Å². The Morgan fingerprint density at radius 3 is 2.86 bits per heavy atom. The first-order chi connectivity index (χ1) is 10.6. The normalized spacial score (nSPS) is 21.1. The minimum absolute atomic E-state index is 0.0713. The molecule has 0 saturated carbocycles. The molecular weight excluding hydrogens is 287 g/mol. The summed E-state index contributed by atoms with van der Waals surface area (Å²) in [6.07, 6.45) is 1.04. The molecule has 0 unspecified atom stereocenters. The average Bonchev–Trinajstić information content (AvgIpc) is 2.89. The van der Waals surface area contributed by atoms with Crippen molar-refractivity contribution < 1.29 is 19.4 Å². The van der Waals surface area contributed by atoms with Gasteiger partial charge in [0.15, 0.2) is 5.69 Å². The maximum Gasteiger partial charge on any atom is 0.276 e. The summed E-state index contributed by atoms with van der Waals surface area (Å²) in [5, 5.41) is 19.7. The molecule has 0 spiro atoms. The standard InChI is InChI=1S/C16H15FN2O3/c17-11-4-1-3-10(7-11)13-8-12(20)9-19(13)16(22)15-14(21)5-2-6-18-15/h1-7,12-13,20-21H,8-9H2/t12-,13-/m0/s1. The summed E-state index contributed by atoms with van der Waals surface area (Å²) in [4.78, 5) is 17.9. The first kappa shape index (κ1) is 14.5. The van der Waals surface area contributed by atoms with Gasteiger partial charge in [-0.15, -0.1) is 0 Å². The van der Waals surface area contributed by atoms with Crippen molar-refractivity contribution in [3.63, 3.8) is 0 Å². The van der Waals surface area contributed by atoms with E-state index in [9.17, 15) is 19.4 Å². The topological polar surface area (TPSA) is 73.7 Å². The van der Waals surface area contributed by atoms with Crippen LogP contribution in [0.2, 0.25) is 0 Å². The Hall–Kier alpha value is -2.47. The van der Waals surface area contributed by atoms with Crippen molar-refractivity contribution in [1.82, 2.24) is 9.88 Å². The van der Waals surface area contributed by atoms with Gasteiger partial charge in [0.25, 0.3) is 5.91 Å². The molecule has 6 heteroatoms. The van der Waals surface area contributed by atoms with Gasteiger partial charge in [-0.25, -0.2) is 9.37 Å². The van der Waals surface area contributed by atoms with Crippen LogP contribution in [0.3, 0.4) is 0 Å². The van der Waals surface area contributed by atoms with E-state index < -0.39 is 23.9 Å². The SMILES string of the molecule is O=C(c1ncccc1O)N1C[C@@H](O)C[C@H]1c1cccc(F)c1. The van der Waals surface area contributed by atoms with E-state index in [1.807, 2.05) is 0 Å². The molecule has 1 amide bonds. The Morgan fingerprint density at radius 2 is 2.14 bits per heavy atom. The van der Waals surface area contributed by atoms with E-state index in [2.05, 4.69) is 4.98 Å². The van der Waals surface area contributed by atoms with Crippen LogP contribution >= 0.6 is 0 Å². The molecule has 1 aliphatic rings. The van der Waals surface area contributed by atoms with Gasteiger partial charge in [0.2, 0.25) is 0 Å². The van der Waals surface area contributed by atoms with Gasteiger partial charge >= 0.3 is 0 Å². The second kappa shape index (κ2) is 5.73. The Kier molecular flexibility index (Phi) is 3.77. The number of amides is 1. The van der Waals surface area contributed by atoms with E-state index >= 15 is 0 Å². The van der Waals surface area contributed by atoms with Crippen molar-refractivity contribution in [1.29, 1.82) is 0 Å². The molecule has 5 nitrogen and oxygen atoms in total. The lowest BCUT2D eigenvalue weighted by Crippen LogP contribution is -2.32. The highest BCUT2D eigenvalue weighted by Crippen LogP contribution is 2.34. The number of likely N-dealkylation sites (tertiary alicyclic amines) is 1. The zero-order chi connectivity index (χ0) is 15.7. The van der Waals surface area contributed by atoms with Crippen LogP contribution in [0.4, 0.5) is 4.39 Å². The van der Waals surface area contributed by atoms with Crippen molar-refractivity contribution in [3.05, 3.63) is 59.7 Å². The Morgan fingerprint density at radius 1 is 1.32 bits per heavy atom. The summed E-state index contributed by atoms with van der Waals surface area (Å²) < 4.78 is 13.4. The van der Waals surface area contributed by atoms with Gasteiger partial charge in [-0.3, -0.25) is 4.79 Å². The molecule has 1 aliphatic heterocycles. The largest absolute Gasteiger partial charge is 0.505 e. The second-order valence-corrected chi connectivity index (χ2v) is 5.29. The molecule has 22 heavy (non-hydrogen) atoms. The maximum absolute atomic E-state index is 13.4. The van der Waals surface area contributed by atoms with Crippen LogP contribution in [-0.4, -0.2) is 38.7 Å². The number of aliphatic hydroxyl groups excluding tert-OH is 1. The summed E-state index contributed by atoms with van der Waals surface area (Å²) in [5.41, 5.74) is 0.540. The van der Waals surface area contributed by atoms with Crippen LogP contribution in [0.25, 0.3) is 0 Å². The number of aromatic nitrogens is 1. The molecule has 1 aromatic carbocycles. The molecule has 0 aliphatic carbocycles. The number of carbonyl (C=O) groups is 1. The predicted octanol–water partition coefficient (Wildman–Crippen LogP) is 1.87. The molecule has 2 heterocycles. The summed E-state index contributed by atoms with van der Waals surface area (Å²) >= 11 is 0. The highest BCUT2D eigenvalue weighted by atomic mass is 19.1. The van der Waals surface area contributed by atoms with Gasteiger partial charge in [-0.1, -0.05) is 12.1 Å². The van der Waals surface area contributed by atoms with Crippen molar-refractivity contribution in [2.45, 2.75) is 18.6 Å². The third-order valence-corrected chi connectivity index (χ3v) is 3.76. The fourth-order valence-electron chi connectivity index (χ4n) is 2.77. The van der Waals surface area contributed by atoms with Gasteiger partial charge in [-0.05, 0) is 36.2 Å². The minimum Gasteiger partial charge on any atom is -0.505 e. The number of carbonyl (C=O) groups excluding carboxylic acids is 1. The monoisotopic (exact) mass is 302 g/mol. The fourth-order valence-corrected chi connectivity index (χ4v) is 2.77. The van der Waals surface area contributed by atoms with Crippen molar-refractivity contribution >= 4 is 5.91 Å². The van der Waals surface area contributed by atoms with Gasteiger partial charge < -0.3 is 15.1 Å². The molecule has 0 bridgehead atoms. The number of aromatic hydroxyl groups is 1. The van der Waals surface area contributed by atoms with Crippen molar-refractivity contribution in [2.75, 3.05) is 6.54 Å². The zero-order valence-electron chi connectivity index (χ0n) is 11.7. The van der Waals surface area contributed by atoms with E-state index in [-0.39, 0.29) is 18.0 Å². The lowest BCUT2D eigenvalue weighted by molar-refractivity contribution is 0.0706. The maximum atomic E-state index is 13.4. The molecule has 0 radical (unpaired) electrons. The van der Waals surface area contributed by atoms with Crippen LogP contribution in [0.5, 0.6) is 5.75 Å². The molecule has 1 fully saturated rings. The number of β-amino-alcohol motifs (C(OH)–C–C–N with tert-alkyl or cyclic N) is 1. The van der Waals surface area contributed by atoms with Crippen LogP contribution in [0, 0.1) is 5.82 Å². The van der Waals surface area contributed by atoms with Crippen molar-refractivity contribution in [2.24, 2.45) is 0 Å². The van der Waals surface area contributed by atoms with Gasteiger partial charge in [0.05, 0.1) is 12.1 Å². The number of aliphatic hydroxyl groups is 1. The van der Waals surface area contributed by atoms with Gasteiger partial charge in [0.1, 0.15) is 11.6 Å². The number of hydrogen-bond acceptors (Lipinski definition) is 4. The molecule has 114 valence electrons. The molecular formula is C16H15FN2O3. The highest BCUT2D eigenvalue weighted by molar-refractivity contribution is 5.95. The Balaban J connectivity index is 1.94. The molecule has 2 N–H and O–H groups in total. The lowest BCUT2D eigenvalue weighted by Gasteiger charge is -2.24. The average molecular weight is 302 g/mol. The smallest absolute Gasteiger partial charge is 0.276 e. The zero-order valence-corrected chi connectivity index (χ0v) is 11.7. The van der Waals surface area contributed by atoms with E-state index in [1.165, 1.54) is 35.4 Å². The Labute approximate surface area is 126 Å². The first-order valence-corrected chi connectivity index (χ1v) is 6.94. The number of hydrogen-bond donors (Lipinski definition) is 2. The minimum atomic E-state index is -0.692. The molecule has 1 saturated heterocycles. The molecule has 2 aromatic rings. The quantitative estimate of drug-likeness (QED) is 0.888. The van der Waals surface area contributed by atoms with Gasteiger partial charge in [-0.2, -0.15) is 0 Å². The highest BCUT2D eigenvalue weighted by Gasteiger charge is 2.37. The summed E-state index contributed by atoms with van der Waals surface area (Å²) in [7, 11) is 0. The lowest BCUT2D eigenvalue weighted by atomic mass is 10.0. The van der Waals surface area contributed by atoms with E-state index in [0.717, 1.165) is 0 Å². The summed E-state index contributed by atoms with van der Waals surface area (Å²) in [5.74, 6) is -1.09. The number of pyridine rings is 1. The van der Waals surface area contributed by atoms with Crippen LogP contribution < -0.4 is 0 Å². The number of benzene rings is 1. The summed E-state index contributed by atoms with van der Waals surface area (Å²) in [6, 6.07) is 8.41. The van der Waals surface area contributed by atoms with Crippen LogP contribution in [0.1, 0.15) is 28.5 Å². The number of rotatable bonds is 2. The van der Waals surface area contributed by atoms with E-state index in [4.69, 9.17) is 0 Å². The van der Waals surface area contributed by atoms with Crippen LogP contribution in [0.15, 0.2) is 42.6 Å². The molecule has 1 aromatic heterocycles. The summed E-state index contributed by atoms with van der Waals surface area (Å²) in [6.45, 7) is 0.121. The van der Waals surface area contributed by atoms with Crippen LogP contribution in [-0.2, 0) is 0 Å².